The van der Waals surface area contributed by atoms with Crippen LogP contribution in [0.2, 0.25) is 0 Å². The van der Waals surface area contributed by atoms with Gasteiger partial charge in [0.2, 0.25) is 0 Å². The molecule has 1 saturated heterocycles. The highest BCUT2D eigenvalue weighted by atomic mass is 16.6. The SMILES string of the molecule is COC(=O)C1=C(C(=O)OC)C2(C)OC1C(=O)C2(C)C. The van der Waals surface area contributed by atoms with E-state index in [1.807, 2.05) is 0 Å². The Morgan fingerprint density at radius 3 is 2.11 bits per heavy atom. The van der Waals surface area contributed by atoms with Crippen LogP contribution in [-0.2, 0) is 28.6 Å². The first-order chi connectivity index (χ1) is 8.72. The van der Waals surface area contributed by atoms with E-state index in [-0.39, 0.29) is 16.9 Å². The standard InChI is InChI=1S/C13H16O6/c1-12(2)9(14)8-6(10(15)17-4)7(11(16)18-5)13(12,3)19-8/h8H,1-5H3. The van der Waals surface area contributed by atoms with Gasteiger partial charge in [0, 0.05) is 0 Å². The molecule has 19 heavy (non-hydrogen) atoms. The monoisotopic (exact) mass is 268 g/mol. The molecule has 0 radical (unpaired) electrons. The molecule has 2 atom stereocenters. The number of hydrogen-bond acceptors (Lipinski definition) is 6. The molecule has 0 aliphatic carbocycles. The second-order valence-electron chi connectivity index (χ2n) is 5.29. The fraction of sp³-hybridized carbons (Fsp3) is 0.615. The van der Waals surface area contributed by atoms with Crippen molar-refractivity contribution in [3.05, 3.63) is 11.1 Å². The van der Waals surface area contributed by atoms with E-state index in [4.69, 9.17) is 9.47 Å². The third-order valence-corrected chi connectivity index (χ3v) is 4.20. The molecule has 0 spiro atoms. The summed E-state index contributed by atoms with van der Waals surface area (Å²) in [5.41, 5.74) is -2.04. The van der Waals surface area contributed by atoms with Gasteiger partial charge in [0.25, 0.3) is 0 Å². The number of rotatable bonds is 2. The number of carbonyl (C=O) groups excluding carboxylic acids is 3. The molecule has 2 heterocycles. The Labute approximate surface area is 110 Å². The van der Waals surface area contributed by atoms with Crippen LogP contribution >= 0.6 is 0 Å². The van der Waals surface area contributed by atoms with E-state index in [2.05, 4.69) is 4.74 Å². The lowest BCUT2D eigenvalue weighted by Crippen LogP contribution is -2.48. The molecular formula is C13H16O6. The third-order valence-electron chi connectivity index (χ3n) is 4.20. The minimum absolute atomic E-state index is 0.0406. The fourth-order valence-corrected chi connectivity index (χ4v) is 2.67. The van der Waals surface area contributed by atoms with Crippen molar-refractivity contribution in [3.63, 3.8) is 0 Å². The quantitative estimate of drug-likeness (QED) is 0.674. The van der Waals surface area contributed by atoms with Gasteiger partial charge < -0.3 is 14.2 Å². The van der Waals surface area contributed by atoms with Gasteiger partial charge in [0.15, 0.2) is 11.9 Å². The van der Waals surface area contributed by atoms with Crippen LogP contribution in [0.1, 0.15) is 20.8 Å². The summed E-state index contributed by atoms with van der Waals surface area (Å²) in [7, 11) is 2.41. The Hall–Kier alpha value is -1.69. The molecule has 0 aromatic heterocycles. The van der Waals surface area contributed by atoms with Crippen LogP contribution in [0, 0.1) is 5.41 Å². The molecule has 0 saturated carbocycles. The molecule has 2 bridgehead atoms. The highest BCUT2D eigenvalue weighted by molar-refractivity contribution is 6.13. The first-order valence-corrected chi connectivity index (χ1v) is 5.85. The van der Waals surface area contributed by atoms with Gasteiger partial charge in [-0.25, -0.2) is 9.59 Å². The van der Waals surface area contributed by atoms with Crippen LogP contribution in [0.5, 0.6) is 0 Å². The van der Waals surface area contributed by atoms with Gasteiger partial charge in [-0.2, -0.15) is 0 Å². The van der Waals surface area contributed by atoms with Crippen LogP contribution in [-0.4, -0.2) is 43.6 Å². The van der Waals surface area contributed by atoms with Gasteiger partial charge in [-0.1, -0.05) is 0 Å². The normalized spacial score (nSPS) is 31.6. The van der Waals surface area contributed by atoms with E-state index >= 15 is 0 Å². The van der Waals surface area contributed by atoms with Gasteiger partial charge in [0.1, 0.15) is 5.60 Å². The molecule has 0 aromatic carbocycles. The Balaban J connectivity index is 2.69. The van der Waals surface area contributed by atoms with Crippen molar-refractivity contribution in [3.8, 4) is 0 Å². The molecule has 1 fully saturated rings. The second kappa shape index (κ2) is 3.90. The van der Waals surface area contributed by atoms with Crippen molar-refractivity contribution in [1.29, 1.82) is 0 Å². The fourth-order valence-electron chi connectivity index (χ4n) is 2.67. The van der Waals surface area contributed by atoms with E-state index in [0.29, 0.717) is 0 Å². The average molecular weight is 268 g/mol. The van der Waals surface area contributed by atoms with Crippen LogP contribution in [0.3, 0.4) is 0 Å². The maximum atomic E-state index is 12.3. The molecular weight excluding hydrogens is 252 g/mol. The number of hydrogen-bond donors (Lipinski definition) is 0. The Bertz CT molecular complexity index is 515. The zero-order chi connectivity index (χ0) is 14.6. The van der Waals surface area contributed by atoms with Crippen molar-refractivity contribution >= 4 is 17.7 Å². The predicted molar refractivity (Wildman–Crippen MR) is 63.1 cm³/mol. The van der Waals surface area contributed by atoms with Gasteiger partial charge in [-0.15, -0.1) is 0 Å². The van der Waals surface area contributed by atoms with Crippen molar-refractivity contribution in [2.75, 3.05) is 14.2 Å². The summed E-state index contributed by atoms with van der Waals surface area (Å²) in [4.78, 5) is 36.0. The van der Waals surface area contributed by atoms with Crippen LogP contribution in [0.4, 0.5) is 0 Å². The predicted octanol–water partition coefficient (Wildman–Crippen LogP) is 0.395. The minimum Gasteiger partial charge on any atom is -0.466 e. The zero-order valence-corrected chi connectivity index (χ0v) is 11.5. The Kier molecular flexibility index (Phi) is 2.82. The molecule has 6 nitrogen and oxygen atoms in total. The average Bonchev–Trinajstić information content (AvgIpc) is 2.78. The first-order valence-electron chi connectivity index (χ1n) is 5.85. The Morgan fingerprint density at radius 2 is 1.63 bits per heavy atom. The molecule has 0 N–H and O–H groups in total. The maximum absolute atomic E-state index is 12.3. The van der Waals surface area contributed by atoms with Crippen molar-refractivity contribution < 1.29 is 28.6 Å². The second-order valence-corrected chi connectivity index (χ2v) is 5.29. The zero-order valence-electron chi connectivity index (χ0n) is 11.5. The highest BCUT2D eigenvalue weighted by Crippen LogP contribution is 2.56. The van der Waals surface area contributed by atoms with Crippen LogP contribution < -0.4 is 0 Å². The summed E-state index contributed by atoms with van der Waals surface area (Å²) in [6, 6.07) is 0. The minimum atomic E-state index is -1.18. The van der Waals surface area contributed by atoms with Gasteiger partial charge >= 0.3 is 11.9 Å². The van der Waals surface area contributed by atoms with Crippen molar-refractivity contribution in [2.45, 2.75) is 32.5 Å². The van der Waals surface area contributed by atoms with E-state index in [1.54, 1.807) is 20.8 Å². The van der Waals surface area contributed by atoms with E-state index < -0.39 is 29.1 Å². The lowest BCUT2D eigenvalue weighted by molar-refractivity contribution is -0.142. The molecule has 2 unspecified atom stereocenters. The molecule has 2 rings (SSSR count). The molecule has 0 amide bonds. The summed E-state index contributed by atoms with van der Waals surface area (Å²) in [5.74, 6) is -1.65. The maximum Gasteiger partial charge on any atom is 0.337 e. The summed E-state index contributed by atoms with van der Waals surface area (Å²) >= 11 is 0. The first kappa shape index (κ1) is 13.7. The molecule has 0 aromatic rings. The number of ether oxygens (including phenoxy) is 3. The topological polar surface area (TPSA) is 78.9 Å². The highest BCUT2D eigenvalue weighted by Gasteiger charge is 2.68. The third kappa shape index (κ3) is 1.43. The van der Waals surface area contributed by atoms with Crippen LogP contribution in [0.15, 0.2) is 11.1 Å². The number of Topliss-reactive ketones (excluding diaryl/α,β-unsaturated/α-hetero) is 1. The summed E-state index contributed by atoms with van der Waals surface area (Å²) < 4.78 is 15.0. The van der Waals surface area contributed by atoms with Crippen LogP contribution in [0.25, 0.3) is 0 Å². The largest absolute Gasteiger partial charge is 0.466 e. The molecule has 2 aliphatic rings. The molecule has 6 heteroatoms. The summed E-state index contributed by atoms with van der Waals surface area (Å²) in [6.45, 7) is 4.99. The summed E-state index contributed by atoms with van der Waals surface area (Å²) in [5, 5.41) is 0. The van der Waals surface area contributed by atoms with E-state index in [9.17, 15) is 14.4 Å². The Morgan fingerprint density at radius 1 is 1.11 bits per heavy atom. The van der Waals surface area contributed by atoms with Gasteiger partial charge in [-0.3, -0.25) is 4.79 Å². The van der Waals surface area contributed by atoms with Crippen molar-refractivity contribution in [2.24, 2.45) is 5.41 Å². The van der Waals surface area contributed by atoms with Gasteiger partial charge in [-0.05, 0) is 20.8 Å². The number of carbonyl (C=O) groups is 3. The summed E-state index contributed by atoms with van der Waals surface area (Å²) in [6.07, 6.45) is -1.05. The number of esters is 2. The van der Waals surface area contributed by atoms with E-state index in [1.165, 1.54) is 14.2 Å². The van der Waals surface area contributed by atoms with Crippen molar-refractivity contribution in [1.82, 2.24) is 0 Å². The number of methoxy groups -OCH3 is 2. The number of fused-ring (bicyclic) bond motifs is 2. The molecule has 2 aliphatic heterocycles. The number of ketones is 1. The lowest BCUT2D eigenvalue weighted by Gasteiger charge is -2.36. The molecule has 104 valence electrons. The lowest BCUT2D eigenvalue weighted by atomic mass is 9.65. The smallest absolute Gasteiger partial charge is 0.337 e. The van der Waals surface area contributed by atoms with Gasteiger partial charge in [0.05, 0.1) is 30.8 Å². The van der Waals surface area contributed by atoms with E-state index in [0.717, 1.165) is 0 Å².